The number of hydrogen-bond acceptors (Lipinski definition) is 8. The van der Waals surface area contributed by atoms with E-state index in [4.69, 9.17) is 16.2 Å². The maximum Gasteiger partial charge on any atom is 0.310 e. The Bertz CT molecular complexity index is 437. The van der Waals surface area contributed by atoms with Gasteiger partial charge in [0.2, 0.25) is 17.8 Å². The number of nitrogen functional groups attached to an aromatic ring is 2. The number of anilines is 3. The van der Waals surface area contributed by atoms with Gasteiger partial charge in [0.1, 0.15) is 5.60 Å². The quantitative estimate of drug-likeness (QED) is 0.670. The highest BCUT2D eigenvalue weighted by atomic mass is 16.6. The molecule has 1 aromatic rings. The molecular weight excluding hydrogens is 248 g/mol. The van der Waals surface area contributed by atoms with Crippen LogP contribution in [0.3, 0.4) is 0 Å². The van der Waals surface area contributed by atoms with E-state index in [2.05, 4.69) is 20.3 Å². The SMILES string of the molecule is CC(CNc1nc(N)nc(N)n1)C(=O)OC(C)(C)C. The Morgan fingerprint density at radius 1 is 1.26 bits per heavy atom. The number of ether oxygens (including phenoxy) is 1. The zero-order chi connectivity index (χ0) is 14.6. The summed E-state index contributed by atoms with van der Waals surface area (Å²) in [6, 6.07) is 0. The Balaban J connectivity index is 2.54. The van der Waals surface area contributed by atoms with E-state index in [1.807, 2.05) is 20.8 Å². The molecule has 1 unspecified atom stereocenters. The summed E-state index contributed by atoms with van der Waals surface area (Å²) >= 11 is 0. The number of rotatable bonds is 4. The number of nitrogens with two attached hydrogens (primary N) is 2. The third-order valence-electron chi connectivity index (χ3n) is 2.05. The second-order valence-electron chi connectivity index (χ2n) is 5.19. The normalized spacial score (nSPS) is 12.8. The average Bonchev–Trinajstić information content (AvgIpc) is 2.22. The van der Waals surface area contributed by atoms with E-state index in [0.29, 0.717) is 6.54 Å². The van der Waals surface area contributed by atoms with Crippen LogP contribution in [0, 0.1) is 5.92 Å². The van der Waals surface area contributed by atoms with Crippen LogP contribution >= 0.6 is 0 Å². The molecule has 1 rings (SSSR count). The third-order valence-corrected chi connectivity index (χ3v) is 2.05. The van der Waals surface area contributed by atoms with Gasteiger partial charge in [0, 0.05) is 6.54 Å². The topological polar surface area (TPSA) is 129 Å². The van der Waals surface area contributed by atoms with Gasteiger partial charge in [-0.3, -0.25) is 4.79 Å². The molecule has 0 saturated carbocycles. The summed E-state index contributed by atoms with van der Waals surface area (Å²) < 4.78 is 5.25. The molecule has 1 atom stereocenters. The van der Waals surface area contributed by atoms with Crippen molar-refractivity contribution in [3.05, 3.63) is 0 Å². The molecule has 1 heterocycles. The van der Waals surface area contributed by atoms with Crippen LogP contribution < -0.4 is 16.8 Å². The van der Waals surface area contributed by atoms with Gasteiger partial charge in [0.05, 0.1) is 5.92 Å². The predicted octanol–water partition coefficient (Wildman–Crippen LogP) is 0.426. The highest BCUT2D eigenvalue weighted by Crippen LogP contribution is 2.12. The van der Waals surface area contributed by atoms with Crippen LogP contribution in [0.15, 0.2) is 0 Å². The Hall–Kier alpha value is -2.12. The molecule has 0 aliphatic heterocycles. The lowest BCUT2D eigenvalue weighted by Crippen LogP contribution is -2.30. The van der Waals surface area contributed by atoms with Gasteiger partial charge in [-0.05, 0) is 20.8 Å². The summed E-state index contributed by atoms with van der Waals surface area (Å²) in [6.07, 6.45) is 0. The average molecular weight is 268 g/mol. The highest BCUT2D eigenvalue weighted by molar-refractivity contribution is 5.73. The summed E-state index contributed by atoms with van der Waals surface area (Å²) in [4.78, 5) is 23.1. The van der Waals surface area contributed by atoms with Crippen LogP contribution in [0.5, 0.6) is 0 Å². The van der Waals surface area contributed by atoms with Gasteiger partial charge in [0.15, 0.2) is 0 Å². The van der Waals surface area contributed by atoms with Crippen molar-refractivity contribution in [1.82, 2.24) is 15.0 Å². The first-order valence-corrected chi connectivity index (χ1v) is 5.91. The van der Waals surface area contributed by atoms with Gasteiger partial charge in [-0.15, -0.1) is 0 Å². The van der Waals surface area contributed by atoms with Crippen molar-refractivity contribution in [3.63, 3.8) is 0 Å². The molecule has 0 fully saturated rings. The molecule has 8 nitrogen and oxygen atoms in total. The molecule has 0 aromatic carbocycles. The monoisotopic (exact) mass is 268 g/mol. The van der Waals surface area contributed by atoms with E-state index in [1.165, 1.54) is 0 Å². The van der Waals surface area contributed by atoms with E-state index in [1.54, 1.807) is 6.92 Å². The number of aromatic nitrogens is 3. The fourth-order valence-electron chi connectivity index (χ4n) is 1.22. The molecule has 106 valence electrons. The van der Waals surface area contributed by atoms with Gasteiger partial charge < -0.3 is 21.5 Å². The van der Waals surface area contributed by atoms with Crippen LogP contribution in [0.25, 0.3) is 0 Å². The van der Waals surface area contributed by atoms with Crippen LogP contribution in [0.4, 0.5) is 17.8 Å². The maximum absolute atomic E-state index is 11.7. The number of carbonyl (C=O) groups excluding carboxylic acids is 1. The molecule has 5 N–H and O–H groups in total. The molecule has 0 saturated heterocycles. The highest BCUT2D eigenvalue weighted by Gasteiger charge is 2.21. The smallest absolute Gasteiger partial charge is 0.310 e. The molecule has 0 spiro atoms. The Kier molecular flexibility index (Phi) is 4.47. The first-order chi connectivity index (χ1) is 8.67. The molecule has 8 heteroatoms. The second-order valence-corrected chi connectivity index (χ2v) is 5.19. The Morgan fingerprint density at radius 3 is 2.26 bits per heavy atom. The minimum Gasteiger partial charge on any atom is -0.460 e. The first kappa shape index (κ1) is 14.9. The van der Waals surface area contributed by atoms with E-state index in [9.17, 15) is 4.79 Å². The lowest BCUT2D eigenvalue weighted by atomic mass is 10.1. The number of esters is 1. The molecular formula is C11H20N6O2. The van der Waals surface area contributed by atoms with Gasteiger partial charge in [0.25, 0.3) is 0 Å². The minimum atomic E-state index is -0.507. The number of nitrogens with one attached hydrogen (secondary N) is 1. The van der Waals surface area contributed by atoms with Gasteiger partial charge in [-0.1, -0.05) is 6.92 Å². The molecule has 0 aliphatic carbocycles. The predicted molar refractivity (Wildman–Crippen MR) is 72.2 cm³/mol. The standard InChI is InChI=1S/C11H20N6O2/c1-6(7(18)19-11(2,3)4)5-14-10-16-8(12)15-9(13)17-10/h6H,5H2,1-4H3,(H5,12,13,14,15,16,17). The van der Waals surface area contributed by atoms with E-state index in [-0.39, 0.29) is 29.7 Å². The second kappa shape index (κ2) is 5.68. The van der Waals surface area contributed by atoms with E-state index < -0.39 is 5.60 Å². The Labute approximate surface area is 112 Å². The third kappa shape index (κ3) is 5.36. The van der Waals surface area contributed by atoms with Crippen molar-refractivity contribution in [3.8, 4) is 0 Å². The van der Waals surface area contributed by atoms with Crippen LogP contribution in [-0.4, -0.2) is 33.1 Å². The molecule has 0 bridgehead atoms. The number of carbonyl (C=O) groups is 1. The lowest BCUT2D eigenvalue weighted by Gasteiger charge is -2.22. The van der Waals surface area contributed by atoms with E-state index in [0.717, 1.165) is 0 Å². The molecule has 0 radical (unpaired) electrons. The first-order valence-electron chi connectivity index (χ1n) is 5.91. The maximum atomic E-state index is 11.7. The van der Waals surface area contributed by atoms with Gasteiger partial charge in [-0.25, -0.2) is 0 Å². The lowest BCUT2D eigenvalue weighted by molar-refractivity contribution is -0.158. The zero-order valence-corrected chi connectivity index (χ0v) is 11.6. The van der Waals surface area contributed by atoms with Crippen LogP contribution in [0.2, 0.25) is 0 Å². The number of nitrogens with zero attached hydrogens (tertiary/aromatic N) is 3. The fraction of sp³-hybridized carbons (Fsp3) is 0.636. The van der Waals surface area contributed by atoms with Crippen LogP contribution in [0.1, 0.15) is 27.7 Å². The zero-order valence-electron chi connectivity index (χ0n) is 11.6. The minimum absolute atomic E-state index is 0.0277. The molecule has 19 heavy (non-hydrogen) atoms. The largest absolute Gasteiger partial charge is 0.460 e. The molecule has 0 aliphatic rings. The van der Waals surface area contributed by atoms with E-state index >= 15 is 0 Å². The van der Waals surface area contributed by atoms with Crippen molar-refractivity contribution in [2.45, 2.75) is 33.3 Å². The number of hydrogen-bond donors (Lipinski definition) is 3. The fourth-order valence-corrected chi connectivity index (χ4v) is 1.22. The van der Waals surface area contributed by atoms with Crippen molar-refractivity contribution in [1.29, 1.82) is 0 Å². The van der Waals surface area contributed by atoms with Crippen LogP contribution in [-0.2, 0) is 9.53 Å². The summed E-state index contributed by atoms with van der Waals surface area (Å²) in [6.45, 7) is 7.52. The summed E-state index contributed by atoms with van der Waals surface area (Å²) in [5.74, 6) is -0.353. The summed E-state index contributed by atoms with van der Waals surface area (Å²) in [7, 11) is 0. The Morgan fingerprint density at radius 2 is 1.79 bits per heavy atom. The van der Waals surface area contributed by atoms with Gasteiger partial charge in [-0.2, -0.15) is 15.0 Å². The molecule has 1 aromatic heterocycles. The van der Waals surface area contributed by atoms with Crippen molar-refractivity contribution in [2.24, 2.45) is 5.92 Å². The van der Waals surface area contributed by atoms with Crippen molar-refractivity contribution >= 4 is 23.8 Å². The summed E-state index contributed by atoms with van der Waals surface area (Å²) in [5.41, 5.74) is 10.4. The molecule has 0 amide bonds. The van der Waals surface area contributed by atoms with Crippen molar-refractivity contribution < 1.29 is 9.53 Å². The van der Waals surface area contributed by atoms with Crippen molar-refractivity contribution in [2.75, 3.05) is 23.3 Å². The van der Waals surface area contributed by atoms with Gasteiger partial charge >= 0.3 is 5.97 Å². The summed E-state index contributed by atoms with van der Waals surface area (Å²) in [5, 5.41) is 2.87.